The normalized spacial score (nSPS) is 14.4. The second-order valence-corrected chi connectivity index (χ2v) is 4.86. The van der Waals surface area contributed by atoms with E-state index >= 15 is 0 Å². The van der Waals surface area contributed by atoms with Crippen LogP contribution >= 0.6 is 0 Å². The smallest absolute Gasteiger partial charge is 0.316 e. The Morgan fingerprint density at radius 1 is 1.33 bits per heavy atom. The van der Waals surface area contributed by atoms with Crippen LogP contribution in [0.5, 0.6) is 0 Å². The lowest BCUT2D eigenvalue weighted by molar-refractivity contribution is -0.145. The van der Waals surface area contributed by atoms with Gasteiger partial charge in [-0.3, -0.25) is 4.79 Å². The largest absolute Gasteiger partial charge is 0.481 e. The van der Waals surface area contributed by atoms with Crippen molar-refractivity contribution in [2.75, 3.05) is 33.9 Å². The van der Waals surface area contributed by atoms with Crippen molar-refractivity contribution in [3.8, 4) is 0 Å². The van der Waals surface area contributed by atoms with Crippen LogP contribution in [0.4, 0.5) is 0 Å². The van der Waals surface area contributed by atoms with Gasteiger partial charge >= 0.3 is 5.97 Å². The van der Waals surface area contributed by atoms with Crippen molar-refractivity contribution in [1.82, 2.24) is 4.90 Å². The van der Waals surface area contributed by atoms with E-state index in [1.807, 2.05) is 49.3 Å². The average molecular weight is 251 g/mol. The van der Waals surface area contributed by atoms with E-state index in [-0.39, 0.29) is 6.61 Å². The van der Waals surface area contributed by atoms with Crippen molar-refractivity contribution < 1.29 is 14.6 Å². The van der Waals surface area contributed by atoms with E-state index in [2.05, 4.69) is 0 Å². The Balaban J connectivity index is 2.67. The zero-order chi connectivity index (χ0) is 13.6. The minimum absolute atomic E-state index is 0.181. The Morgan fingerprint density at radius 2 is 1.94 bits per heavy atom. The second-order valence-electron chi connectivity index (χ2n) is 4.86. The molecule has 0 aliphatic carbocycles. The van der Waals surface area contributed by atoms with Gasteiger partial charge in [0, 0.05) is 6.54 Å². The minimum Gasteiger partial charge on any atom is -0.481 e. The fourth-order valence-corrected chi connectivity index (χ4v) is 1.60. The van der Waals surface area contributed by atoms with Gasteiger partial charge in [-0.05, 0) is 26.6 Å². The maximum Gasteiger partial charge on any atom is 0.316 e. The van der Waals surface area contributed by atoms with Crippen molar-refractivity contribution in [2.24, 2.45) is 0 Å². The van der Waals surface area contributed by atoms with Crippen LogP contribution in [0, 0.1) is 0 Å². The van der Waals surface area contributed by atoms with E-state index in [0.717, 1.165) is 12.1 Å². The highest BCUT2D eigenvalue weighted by molar-refractivity contribution is 5.81. The van der Waals surface area contributed by atoms with Crippen molar-refractivity contribution in [3.05, 3.63) is 35.9 Å². The third-order valence-corrected chi connectivity index (χ3v) is 2.96. The van der Waals surface area contributed by atoms with Crippen LogP contribution in [0.15, 0.2) is 30.3 Å². The van der Waals surface area contributed by atoms with E-state index in [9.17, 15) is 9.90 Å². The first kappa shape index (κ1) is 14.7. The average Bonchev–Trinajstić information content (AvgIpc) is 2.35. The first-order valence-electron chi connectivity index (χ1n) is 5.98. The Kier molecular flexibility index (Phi) is 5.31. The van der Waals surface area contributed by atoms with Crippen LogP contribution in [0.25, 0.3) is 0 Å². The monoisotopic (exact) mass is 251 g/mol. The number of ether oxygens (including phenoxy) is 1. The molecule has 0 fully saturated rings. The van der Waals surface area contributed by atoms with Crippen LogP contribution in [-0.2, 0) is 14.9 Å². The Bertz CT molecular complexity index is 378. The van der Waals surface area contributed by atoms with Crippen LogP contribution in [0.2, 0.25) is 0 Å². The van der Waals surface area contributed by atoms with Gasteiger partial charge in [-0.2, -0.15) is 0 Å². The maximum absolute atomic E-state index is 11.5. The zero-order valence-electron chi connectivity index (χ0n) is 11.2. The topological polar surface area (TPSA) is 49.8 Å². The first-order valence-corrected chi connectivity index (χ1v) is 5.98. The molecule has 0 aliphatic heterocycles. The summed E-state index contributed by atoms with van der Waals surface area (Å²) in [4.78, 5) is 13.5. The van der Waals surface area contributed by atoms with E-state index in [1.165, 1.54) is 0 Å². The first-order chi connectivity index (χ1) is 8.47. The van der Waals surface area contributed by atoms with Gasteiger partial charge in [0.25, 0.3) is 0 Å². The third kappa shape index (κ3) is 3.82. The summed E-state index contributed by atoms with van der Waals surface area (Å²) < 4.78 is 5.50. The molecule has 4 heteroatoms. The van der Waals surface area contributed by atoms with Crippen molar-refractivity contribution >= 4 is 5.97 Å². The number of carboxylic acid groups (broad SMARTS) is 1. The molecule has 0 heterocycles. The second kappa shape index (κ2) is 6.52. The quantitative estimate of drug-likeness (QED) is 0.748. The summed E-state index contributed by atoms with van der Waals surface area (Å²) in [6.07, 6.45) is 0. The molecule has 1 atom stereocenters. The maximum atomic E-state index is 11.5. The summed E-state index contributed by atoms with van der Waals surface area (Å²) in [5, 5.41) is 9.40. The number of likely N-dealkylation sites (N-methyl/N-ethyl adjacent to an activating group) is 1. The SMILES string of the molecule is CN(C)CCOC[C@@](C)(C(=O)O)c1ccccc1. The molecule has 0 aliphatic rings. The molecule has 1 N–H and O–H groups in total. The summed E-state index contributed by atoms with van der Waals surface area (Å²) in [5.41, 5.74) is -0.226. The van der Waals surface area contributed by atoms with Crippen molar-refractivity contribution in [1.29, 1.82) is 0 Å². The van der Waals surface area contributed by atoms with E-state index < -0.39 is 11.4 Å². The third-order valence-electron chi connectivity index (χ3n) is 2.96. The van der Waals surface area contributed by atoms with Gasteiger partial charge in [-0.1, -0.05) is 30.3 Å². The molecule has 18 heavy (non-hydrogen) atoms. The molecule has 0 aromatic heterocycles. The molecule has 1 rings (SSSR count). The predicted octanol–water partition coefficient (Wildman–Crippen LogP) is 1.61. The van der Waals surface area contributed by atoms with Gasteiger partial charge in [0.05, 0.1) is 13.2 Å². The summed E-state index contributed by atoms with van der Waals surface area (Å²) in [7, 11) is 3.91. The number of aliphatic carboxylic acids is 1. The van der Waals surface area contributed by atoms with Gasteiger partial charge in [-0.25, -0.2) is 0 Å². The number of nitrogens with zero attached hydrogens (tertiary/aromatic N) is 1. The van der Waals surface area contributed by atoms with E-state index in [0.29, 0.717) is 6.61 Å². The van der Waals surface area contributed by atoms with Gasteiger partial charge in [0.2, 0.25) is 0 Å². The van der Waals surface area contributed by atoms with E-state index in [4.69, 9.17) is 4.74 Å². The van der Waals surface area contributed by atoms with Crippen LogP contribution < -0.4 is 0 Å². The molecule has 0 saturated heterocycles. The lowest BCUT2D eigenvalue weighted by Gasteiger charge is -2.25. The number of rotatable bonds is 7. The lowest BCUT2D eigenvalue weighted by atomic mass is 9.83. The Morgan fingerprint density at radius 3 is 2.44 bits per heavy atom. The summed E-state index contributed by atoms with van der Waals surface area (Å²) in [6.45, 7) is 3.19. The fourth-order valence-electron chi connectivity index (χ4n) is 1.60. The zero-order valence-corrected chi connectivity index (χ0v) is 11.2. The van der Waals surface area contributed by atoms with Crippen molar-refractivity contribution in [2.45, 2.75) is 12.3 Å². The summed E-state index contributed by atoms with van der Waals surface area (Å²) >= 11 is 0. The predicted molar refractivity (Wildman–Crippen MR) is 70.8 cm³/mol. The number of hydrogen-bond acceptors (Lipinski definition) is 3. The molecule has 0 unspecified atom stereocenters. The van der Waals surface area contributed by atoms with Gasteiger partial charge in [0.15, 0.2) is 0 Å². The molecular formula is C14H21NO3. The van der Waals surface area contributed by atoms with Crippen molar-refractivity contribution in [3.63, 3.8) is 0 Å². The van der Waals surface area contributed by atoms with E-state index in [1.54, 1.807) is 6.92 Å². The molecule has 1 aromatic rings. The highest BCUT2D eigenvalue weighted by Gasteiger charge is 2.35. The fraction of sp³-hybridized carbons (Fsp3) is 0.500. The Hall–Kier alpha value is -1.39. The molecule has 100 valence electrons. The number of carbonyl (C=O) groups is 1. The number of hydrogen-bond donors (Lipinski definition) is 1. The minimum atomic E-state index is -0.992. The van der Waals surface area contributed by atoms with Gasteiger partial charge < -0.3 is 14.7 Å². The molecule has 0 spiro atoms. The van der Waals surface area contributed by atoms with Crippen LogP contribution in [-0.4, -0.2) is 49.8 Å². The highest BCUT2D eigenvalue weighted by Crippen LogP contribution is 2.24. The molecule has 0 amide bonds. The molecule has 0 saturated carbocycles. The number of benzene rings is 1. The molecule has 4 nitrogen and oxygen atoms in total. The standard InChI is InChI=1S/C14H21NO3/c1-14(13(16)17,11-18-10-9-15(2)3)12-7-5-4-6-8-12/h4-8H,9-11H2,1-3H3,(H,16,17)/t14-/m1/s1. The molecule has 0 radical (unpaired) electrons. The number of carboxylic acids is 1. The highest BCUT2D eigenvalue weighted by atomic mass is 16.5. The molecule has 0 bridgehead atoms. The molecule has 1 aromatic carbocycles. The lowest BCUT2D eigenvalue weighted by Crippen LogP contribution is -2.38. The summed E-state index contributed by atoms with van der Waals surface area (Å²) in [6, 6.07) is 9.21. The van der Waals surface area contributed by atoms with Crippen LogP contribution in [0.1, 0.15) is 12.5 Å². The summed E-state index contributed by atoms with van der Waals surface area (Å²) in [5.74, 6) is -0.862. The molecular weight excluding hydrogens is 230 g/mol. The van der Waals surface area contributed by atoms with Gasteiger partial charge in [0.1, 0.15) is 5.41 Å². The Labute approximate surface area is 108 Å². The van der Waals surface area contributed by atoms with Crippen LogP contribution in [0.3, 0.4) is 0 Å². The van der Waals surface area contributed by atoms with Gasteiger partial charge in [-0.15, -0.1) is 0 Å².